The highest BCUT2D eigenvalue weighted by molar-refractivity contribution is 5.84. The van der Waals surface area contributed by atoms with Crippen LogP contribution in [-0.2, 0) is 16.0 Å². The molecule has 0 aliphatic carbocycles. The summed E-state index contributed by atoms with van der Waals surface area (Å²) in [6.07, 6.45) is 0.612. The first-order valence-electron chi connectivity index (χ1n) is 5.04. The van der Waals surface area contributed by atoms with Crippen molar-refractivity contribution in [3.8, 4) is 0 Å². The second kappa shape index (κ2) is 4.35. The molecule has 3 nitrogen and oxygen atoms in total. The molecule has 2 rings (SSSR count). The van der Waals surface area contributed by atoms with Gasteiger partial charge in [-0.25, -0.2) is 4.39 Å². The van der Waals surface area contributed by atoms with Gasteiger partial charge < -0.3 is 9.72 Å². The Labute approximate surface area is 92.2 Å². The van der Waals surface area contributed by atoms with Crippen LogP contribution in [0.3, 0.4) is 0 Å². The molecule has 1 N–H and O–H groups in total. The van der Waals surface area contributed by atoms with Gasteiger partial charge in [-0.15, -0.1) is 0 Å². The van der Waals surface area contributed by atoms with E-state index < -0.39 is 0 Å². The standard InChI is InChI=1S/C12H12FNO2/c1-8-10-6-9(13)2-3-12(10)14-11(8)4-5-16-7-15/h2-3,6-7,14H,4-5H2,1H3. The molecule has 0 saturated carbocycles. The molecular weight excluding hydrogens is 209 g/mol. The van der Waals surface area contributed by atoms with Crippen molar-refractivity contribution in [3.63, 3.8) is 0 Å². The molecule has 0 amide bonds. The molecule has 0 unspecified atom stereocenters. The van der Waals surface area contributed by atoms with Crippen molar-refractivity contribution < 1.29 is 13.9 Å². The van der Waals surface area contributed by atoms with Crippen molar-refractivity contribution >= 4 is 17.4 Å². The largest absolute Gasteiger partial charge is 0.467 e. The van der Waals surface area contributed by atoms with Crippen LogP contribution < -0.4 is 0 Å². The topological polar surface area (TPSA) is 42.1 Å². The Bertz CT molecular complexity index is 519. The number of aromatic nitrogens is 1. The summed E-state index contributed by atoms with van der Waals surface area (Å²) in [5, 5.41) is 0.876. The number of aryl methyl sites for hydroxylation is 1. The smallest absolute Gasteiger partial charge is 0.293 e. The Balaban J connectivity index is 2.32. The van der Waals surface area contributed by atoms with Crippen molar-refractivity contribution in [1.82, 2.24) is 4.98 Å². The summed E-state index contributed by atoms with van der Waals surface area (Å²) in [4.78, 5) is 13.2. The zero-order chi connectivity index (χ0) is 11.5. The van der Waals surface area contributed by atoms with Gasteiger partial charge >= 0.3 is 0 Å². The van der Waals surface area contributed by atoms with E-state index in [1.165, 1.54) is 12.1 Å². The summed E-state index contributed by atoms with van der Waals surface area (Å²) in [5.41, 5.74) is 2.88. The van der Waals surface area contributed by atoms with Crippen molar-refractivity contribution in [2.45, 2.75) is 13.3 Å². The average Bonchev–Trinajstić information content (AvgIpc) is 2.57. The Morgan fingerprint density at radius 3 is 3.06 bits per heavy atom. The van der Waals surface area contributed by atoms with Crippen LogP contribution in [-0.4, -0.2) is 18.1 Å². The zero-order valence-electron chi connectivity index (χ0n) is 8.92. The fraction of sp³-hybridized carbons (Fsp3) is 0.250. The van der Waals surface area contributed by atoms with Gasteiger partial charge in [0, 0.05) is 23.0 Å². The number of fused-ring (bicyclic) bond motifs is 1. The van der Waals surface area contributed by atoms with E-state index in [1.807, 2.05) is 6.92 Å². The molecule has 2 aromatic rings. The minimum atomic E-state index is -0.245. The van der Waals surface area contributed by atoms with Crippen LogP contribution in [0.2, 0.25) is 0 Å². The normalized spacial score (nSPS) is 10.6. The number of benzene rings is 1. The minimum absolute atomic E-state index is 0.245. The Morgan fingerprint density at radius 1 is 1.50 bits per heavy atom. The molecule has 0 bridgehead atoms. The SMILES string of the molecule is Cc1c(CCOC=O)[nH]c2ccc(F)cc12. The van der Waals surface area contributed by atoms with E-state index in [4.69, 9.17) is 0 Å². The van der Waals surface area contributed by atoms with E-state index in [-0.39, 0.29) is 5.82 Å². The van der Waals surface area contributed by atoms with Gasteiger partial charge in [-0.05, 0) is 30.7 Å². The fourth-order valence-electron chi connectivity index (χ4n) is 1.81. The molecule has 0 aliphatic rings. The third-order valence-electron chi connectivity index (χ3n) is 2.66. The maximum atomic E-state index is 13.0. The predicted octanol–water partition coefficient (Wildman–Crippen LogP) is 2.33. The number of rotatable bonds is 4. The molecule has 0 saturated heterocycles. The first kappa shape index (κ1) is 10.7. The predicted molar refractivity (Wildman–Crippen MR) is 58.7 cm³/mol. The van der Waals surface area contributed by atoms with Gasteiger partial charge in [0.05, 0.1) is 6.61 Å². The van der Waals surface area contributed by atoms with Crippen LogP contribution in [0.1, 0.15) is 11.3 Å². The van der Waals surface area contributed by atoms with E-state index in [2.05, 4.69) is 9.72 Å². The van der Waals surface area contributed by atoms with Crippen LogP contribution in [0.4, 0.5) is 4.39 Å². The highest BCUT2D eigenvalue weighted by Crippen LogP contribution is 2.22. The molecule has 0 aliphatic heterocycles. The quantitative estimate of drug-likeness (QED) is 0.636. The molecule has 0 atom stereocenters. The summed E-state index contributed by atoms with van der Waals surface area (Å²) >= 11 is 0. The maximum Gasteiger partial charge on any atom is 0.293 e. The number of carbonyl (C=O) groups excluding carboxylic acids is 1. The third-order valence-corrected chi connectivity index (χ3v) is 2.66. The molecule has 84 valence electrons. The summed E-state index contributed by atoms with van der Waals surface area (Å²) < 4.78 is 17.7. The van der Waals surface area contributed by atoms with Gasteiger partial charge in [-0.1, -0.05) is 0 Å². The number of aromatic amines is 1. The highest BCUT2D eigenvalue weighted by atomic mass is 19.1. The lowest BCUT2D eigenvalue weighted by Crippen LogP contribution is -1.98. The van der Waals surface area contributed by atoms with Crippen molar-refractivity contribution in [2.75, 3.05) is 6.61 Å². The van der Waals surface area contributed by atoms with Gasteiger partial charge in [0.2, 0.25) is 0 Å². The fourth-order valence-corrected chi connectivity index (χ4v) is 1.81. The molecule has 16 heavy (non-hydrogen) atoms. The molecule has 0 spiro atoms. The van der Waals surface area contributed by atoms with Gasteiger partial charge in [-0.2, -0.15) is 0 Å². The summed E-state index contributed by atoms with van der Waals surface area (Å²) in [6.45, 7) is 2.69. The second-order valence-electron chi connectivity index (χ2n) is 3.64. The molecular formula is C12H12FNO2. The Morgan fingerprint density at radius 2 is 2.31 bits per heavy atom. The van der Waals surface area contributed by atoms with E-state index in [0.717, 1.165) is 22.2 Å². The molecule has 0 radical (unpaired) electrons. The summed E-state index contributed by atoms with van der Waals surface area (Å²) in [5.74, 6) is -0.245. The maximum absolute atomic E-state index is 13.0. The number of H-pyrrole nitrogens is 1. The number of hydrogen-bond acceptors (Lipinski definition) is 2. The lowest BCUT2D eigenvalue weighted by molar-refractivity contribution is -0.128. The lowest BCUT2D eigenvalue weighted by atomic mass is 10.1. The van der Waals surface area contributed by atoms with Crippen molar-refractivity contribution in [2.24, 2.45) is 0 Å². The van der Waals surface area contributed by atoms with Crippen LogP contribution in [0.25, 0.3) is 10.9 Å². The summed E-state index contributed by atoms with van der Waals surface area (Å²) in [6, 6.07) is 4.64. The molecule has 1 aromatic heterocycles. The van der Waals surface area contributed by atoms with Gasteiger partial charge in [-0.3, -0.25) is 4.79 Å². The second-order valence-corrected chi connectivity index (χ2v) is 3.64. The minimum Gasteiger partial charge on any atom is -0.467 e. The monoisotopic (exact) mass is 221 g/mol. The van der Waals surface area contributed by atoms with Crippen LogP contribution in [0.5, 0.6) is 0 Å². The number of ether oxygens (including phenoxy) is 1. The van der Waals surface area contributed by atoms with E-state index >= 15 is 0 Å². The van der Waals surface area contributed by atoms with Gasteiger partial charge in [0.25, 0.3) is 6.47 Å². The lowest BCUT2D eigenvalue weighted by Gasteiger charge is -1.98. The number of nitrogens with one attached hydrogen (secondary N) is 1. The Hall–Kier alpha value is -1.84. The zero-order valence-corrected chi connectivity index (χ0v) is 8.92. The van der Waals surface area contributed by atoms with E-state index in [1.54, 1.807) is 6.07 Å². The van der Waals surface area contributed by atoms with Crippen molar-refractivity contribution in [3.05, 3.63) is 35.3 Å². The third kappa shape index (κ3) is 1.91. The summed E-state index contributed by atoms with van der Waals surface area (Å²) in [7, 11) is 0. The highest BCUT2D eigenvalue weighted by Gasteiger charge is 2.07. The number of carbonyl (C=O) groups is 1. The van der Waals surface area contributed by atoms with Crippen LogP contribution >= 0.6 is 0 Å². The average molecular weight is 221 g/mol. The first-order valence-corrected chi connectivity index (χ1v) is 5.04. The molecule has 1 heterocycles. The van der Waals surface area contributed by atoms with Crippen molar-refractivity contribution in [1.29, 1.82) is 0 Å². The van der Waals surface area contributed by atoms with Crippen LogP contribution in [0.15, 0.2) is 18.2 Å². The van der Waals surface area contributed by atoms with Gasteiger partial charge in [0.15, 0.2) is 0 Å². The molecule has 1 aromatic carbocycles. The molecule has 4 heteroatoms. The van der Waals surface area contributed by atoms with Gasteiger partial charge in [0.1, 0.15) is 5.82 Å². The number of halogens is 1. The van der Waals surface area contributed by atoms with E-state index in [9.17, 15) is 9.18 Å². The van der Waals surface area contributed by atoms with Crippen LogP contribution in [0, 0.1) is 12.7 Å². The van der Waals surface area contributed by atoms with E-state index in [0.29, 0.717) is 19.5 Å². The Kier molecular flexibility index (Phi) is 2.90. The molecule has 0 fully saturated rings. The first-order chi connectivity index (χ1) is 7.72. The number of hydrogen-bond donors (Lipinski definition) is 1.